The maximum Gasteiger partial charge on any atom is 0.240 e. The average Bonchev–Trinajstić information content (AvgIpc) is 2.93. The molecule has 3 rings (SSSR count). The Kier molecular flexibility index (Phi) is 3.62. The molecule has 1 aromatic carbocycles. The molecule has 21 heavy (non-hydrogen) atoms. The molecule has 110 valence electrons. The van der Waals surface area contributed by atoms with Crippen molar-refractivity contribution < 1.29 is 13.2 Å². The van der Waals surface area contributed by atoms with Crippen LogP contribution in [0.3, 0.4) is 0 Å². The fraction of sp³-hybridized carbons (Fsp3) is 0.214. The van der Waals surface area contributed by atoms with Crippen LogP contribution in [-0.4, -0.2) is 30.7 Å². The van der Waals surface area contributed by atoms with Gasteiger partial charge in [0.05, 0.1) is 11.8 Å². The van der Waals surface area contributed by atoms with Gasteiger partial charge in [-0.1, -0.05) is 22.0 Å². The van der Waals surface area contributed by atoms with Gasteiger partial charge >= 0.3 is 0 Å². The van der Waals surface area contributed by atoms with Gasteiger partial charge in [0.2, 0.25) is 5.91 Å². The average molecular weight is 369 g/mol. The van der Waals surface area contributed by atoms with Crippen molar-refractivity contribution in [1.29, 1.82) is 0 Å². The van der Waals surface area contributed by atoms with Crippen LogP contribution >= 0.6 is 15.9 Å². The first-order chi connectivity index (χ1) is 9.93. The van der Waals surface area contributed by atoms with Gasteiger partial charge in [-0.3, -0.25) is 4.79 Å². The van der Waals surface area contributed by atoms with Gasteiger partial charge in [0, 0.05) is 21.6 Å². The number of hydrogen-bond acceptors (Lipinski definition) is 3. The molecule has 0 spiro atoms. The van der Waals surface area contributed by atoms with Gasteiger partial charge < -0.3 is 9.88 Å². The molecule has 1 unspecified atom stereocenters. The smallest absolute Gasteiger partial charge is 0.240 e. The predicted molar refractivity (Wildman–Crippen MR) is 84.5 cm³/mol. The minimum absolute atomic E-state index is 0.0588. The number of carbonyl (C=O) groups excluding carboxylic acids is 1. The molecular formula is C14H13BrN2O3S. The van der Waals surface area contributed by atoms with Gasteiger partial charge in [-0.2, -0.15) is 0 Å². The number of benzene rings is 1. The Morgan fingerprint density at radius 3 is 2.90 bits per heavy atom. The molecular weight excluding hydrogens is 356 g/mol. The zero-order chi connectivity index (χ0) is 15.0. The maximum absolute atomic E-state index is 12.0. The fourth-order valence-corrected chi connectivity index (χ4v) is 3.95. The van der Waals surface area contributed by atoms with E-state index in [0.29, 0.717) is 0 Å². The molecule has 2 heterocycles. The molecule has 0 saturated heterocycles. The van der Waals surface area contributed by atoms with E-state index in [1.807, 2.05) is 35.0 Å². The van der Waals surface area contributed by atoms with Crippen LogP contribution in [0, 0.1) is 0 Å². The summed E-state index contributed by atoms with van der Waals surface area (Å²) in [5.41, 5.74) is 0.953. The van der Waals surface area contributed by atoms with Crippen LogP contribution in [0.2, 0.25) is 0 Å². The quantitative estimate of drug-likeness (QED) is 0.898. The highest BCUT2D eigenvalue weighted by atomic mass is 79.9. The van der Waals surface area contributed by atoms with E-state index in [2.05, 4.69) is 21.2 Å². The second-order valence-corrected chi connectivity index (χ2v) is 7.83. The summed E-state index contributed by atoms with van der Waals surface area (Å²) >= 11 is 3.41. The summed E-state index contributed by atoms with van der Waals surface area (Å²) < 4.78 is 25.4. The van der Waals surface area contributed by atoms with Crippen molar-refractivity contribution in [1.82, 2.24) is 9.88 Å². The molecule has 0 radical (unpaired) electrons. The molecule has 0 fully saturated rings. The molecule has 1 atom stereocenters. The molecule has 0 aliphatic carbocycles. The second-order valence-electron chi connectivity index (χ2n) is 4.98. The third-order valence-corrected chi connectivity index (χ3v) is 5.22. The minimum Gasteiger partial charge on any atom is -0.347 e. The predicted octanol–water partition coefficient (Wildman–Crippen LogP) is 1.83. The first-order valence-corrected chi connectivity index (χ1v) is 8.88. The van der Waals surface area contributed by atoms with Crippen LogP contribution in [0.1, 0.15) is 0 Å². The fourth-order valence-electron chi connectivity index (χ4n) is 2.37. The third kappa shape index (κ3) is 3.19. The van der Waals surface area contributed by atoms with Gasteiger partial charge in [0.15, 0.2) is 9.84 Å². The summed E-state index contributed by atoms with van der Waals surface area (Å²) in [5.74, 6) is -0.268. The van der Waals surface area contributed by atoms with E-state index in [9.17, 15) is 13.2 Å². The SMILES string of the molecule is O=C(Cn1ccc2ccc(Br)cc21)NC1C=CS(=O)(=O)C1. The summed E-state index contributed by atoms with van der Waals surface area (Å²) in [5, 5.41) is 4.92. The van der Waals surface area contributed by atoms with Crippen LogP contribution in [0.15, 0.2) is 46.4 Å². The van der Waals surface area contributed by atoms with Crippen molar-refractivity contribution in [2.45, 2.75) is 12.6 Å². The molecule has 7 heteroatoms. The van der Waals surface area contributed by atoms with E-state index < -0.39 is 15.9 Å². The minimum atomic E-state index is -3.15. The van der Waals surface area contributed by atoms with Crippen molar-refractivity contribution in [2.75, 3.05) is 5.75 Å². The van der Waals surface area contributed by atoms with E-state index in [0.717, 1.165) is 20.8 Å². The number of carbonyl (C=O) groups is 1. The van der Waals surface area contributed by atoms with Crippen LogP contribution < -0.4 is 5.32 Å². The molecule has 5 nitrogen and oxygen atoms in total. The van der Waals surface area contributed by atoms with Crippen molar-refractivity contribution >= 4 is 42.6 Å². The lowest BCUT2D eigenvalue weighted by Gasteiger charge is -2.11. The third-order valence-electron chi connectivity index (χ3n) is 3.33. The Hall–Kier alpha value is -1.60. The molecule has 0 bridgehead atoms. The van der Waals surface area contributed by atoms with E-state index in [1.165, 1.54) is 6.08 Å². The van der Waals surface area contributed by atoms with E-state index in [-0.39, 0.29) is 18.2 Å². The zero-order valence-electron chi connectivity index (χ0n) is 11.0. The molecule has 1 aromatic heterocycles. The molecule has 0 saturated carbocycles. The maximum atomic E-state index is 12.0. The van der Waals surface area contributed by atoms with Crippen molar-refractivity contribution in [3.05, 3.63) is 46.4 Å². The lowest BCUT2D eigenvalue weighted by Crippen LogP contribution is -2.37. The Morgan fingerprint density at radius 1 is 1.38 bits per heavy atom. The summed E-state index contributed by atoms with van der Waals surface area (Å²) in [6.45, 7) is 0.157. The summed E-state index contributed by atoms with van der Waals surface area (Å²) in [6, 6.07) is 7.37. The molecule has 1 aliphatic heterocycles. The monoisotopic (exact) mass is 368 g/mol. The zero-order valence-corrected chi connectivity index (χ0v) is 13.4. The number of sulfone groups is 1. The van der Waals surface area contributed by atoms with E-state index in [1.54, 1.807) is 0 Å². The summed E-state index contributed by atoms with van der Waals surface area (Å²) in [7, 11) is -3.15. The Bertz CT molecular complexity index is 839. The number of rotatable bonds is 3. The molecule has 1 N–H and O–H groups in total. The Balaban J connectivity index is 1.72. The topological polar surface area (TPSA) is 68.2 Å². The van der Waals surface area contributed by atoms with Crippen molar-refractivity contribution in [2.24, 2.45) is 0 Å². The largest absolute Gasteiger partial charge is 0.347 e. The number of halogens is 1. The highest BCUT2D eigenvalue weighted by Crippen LogP contribution is 2.20. The number of nitrogens with one attached hydrogen (secondary N) is 1. The Morgan fingerprint density at radius 2 is 2.19 bits per heavy atom. The van der Waals surface area contributed by atoms with Crippen LogP contribution in [0.25, 0.3) is 10.9 Å². The Labute approximate surface area is 130 Å². The van der Waals surface area contributed by atoms with Crippen molar-refractivity contribution in [3.63, 3.8) is 0 Å². The van der Waals surface area contributed by atoms with Gasteiger partial charge in [-0.05, 0) is 29.7 Å². The second kappa shape index (κ2) is 5.31. The first kappa shape index (κ1) is 14.3. The van der Waals surface area contributed by atoms with E-state index in [4.69, 9.17) is 0 Å². The molecule has 1 amide bonds. The van der Waals surface area contributed by atoms with Crippen LogP contribution in [0.4, 0.5) is 0 Å². The standard InChI is InChI=1S/C14H13BrN2O3S/c15-11-2-1-10-3-5-17(13(10)7-11)8-14(18)16-12-4-6-21(19,20)9-12/h1-7,12H,8-9H2,(H,16,18). The highest BCUT2D eigenvalue weighted by Gasteiger charge is 2.23. The number of amides is 1. The lowest BCUT2D eigenvalue weighted by atomic mass is 10.2. The number of nitrogens with zero attached hydrogens (tertiary/aromatic N) is 1. The van der Waals surface area contributed by atoms with Gasteiger partial charge in [0.1, 0.15) is 6.54 Å². The number of hydrogen-bond donors (Lipinski definition) is 1. The van der Waals surface area contributed by atoms with Gasteiger partial charge in [-0.15, -0.1) is 0 Å². The normalized spacial score (nSPS) is 20.0. The molecule has 2 aromatic rings. The van der Waals surface area contributed by atoms with Gasteiger partial charge in [-0.25, -0.2) is 8.42 Å². The summed E-state index contributed by atoms with van der Waals surface area (Å²) in [6.07, 6.45) is 3.36. The number of fused-ring (bicyclic) bond motifs is 1. The van der Waals surface area contributed by atoms with Crippen LogP contribution in [-0.2, 0) is 21.2 Å². The number of aromatic nitrogens is 1. The van der Waals surface area contributed by atoms with Crippen LogP contribution in [0.5, 0.6) is 0 Å². The lowest BCUT2D eigenvalue weighted by molar-refractivity contribution is -0.121. The van der Waals surface area contributed by atoms with Crippen molar-refractivity contribution in [3.8, 4) is 0 Å². The summed E-state index contributed by atoms with van der Waals surface area (Å²) in [4.78, 5) is 12.0. The molecule has 1 aliphatic rings. The highest BCUT2D eigenvalue weighted by molar-refractivity contribution is 9.10. The first-order valence-electron chi connectivity index (χ1n) is 6.38. The van der Waals surface area contributed by atoms with E-state index >= 15 is 0 Å². The van der Waals surface area contributed by atoms with Gasteiger partial charge in [0.25, 0.3) is 0 Å².